The van der Waals surface area contributed by atoms with Crippen molar-refractivity contribution in [3.8, 4) is 39.1 Å². The lowest BCUT2D eigenvalue weighted by molar-refractivity contribution is 0.793. The van der Waals surface area contributed by atoms with Crippen LogP contribution in [0.25, 0.3) is 60.9 Å². The van der Waals surface area contributed by atoms with E-state index in [1.54, 1.807) is 0 Å². The summed E-state index contributed by atoms with van der Waals surface area (Å²) < 4.78 is 46.2. The fourth-order valence-corrected chi connectivity index (χ4v) is 11.6. The normalized spacial score (nSPS) is 15.1. The summed E-state index contributed by atoms with van der Waals surface area (Å²) >= 11 is 0. The Morgan fingerprint density at radius 2 is 0.843 bits per heavy atom. The number of rotatable bonds is 8. The van der Waals surface area contributed by atoms with Crippen molar-refractivity contribution in [1.82, 2.24) is 4.57 Å². The maximum Gasteiger partial charge on any atom is 0.0782 e. The van der Waals surface area contributed by atoms with E-state index in [2.05, 4.69) is 233 Å². The van der Waals surface area contributed by atoms with Crippen molar-refractivity contribution in [3.05, 3.63) is 295 Å². The molecule has 328 valence electrons. The number of aromatic nitrogens is 1. The van der Waals surface area contributed by atoms with Crippen molar-refractivity contribution in [1.29, 1.82) is 0 Å². The van der Waals surface area contributed by atoms with Gasteiger partial charge < -0.3 is 14.4 Å². The molecular weight excluding hydrogens is 847 g/mol. The van der Waals surface area contributed by atoms with E-state index < -0.39 is 11.5 Å². The average molecular weight is 897 g/mol. The standard InChI is InChI=1S/C67H45N3/c1-5-21-46(22-6-1)47-23-19-30-51(43-47)69(65-38-20-34-59-58-33-15-18-37-64(58)70(66(59)65)50-28-11-4-12-29-50)53-40-42-57-55-32-14-17-36-61(55)67(63(57)45-53)60-35-16-13-31-54(60)56-41-39-52(44-62(56)67)68(48-24-7-2-8-25-48)49-26-9-3-10-27-49/h1-45H/i1D,5D,6D,21D,22D. The van der Waals surface area contributed by atoms with Crippen LogP contribution >= 0.6 is 0 Å². The highest BCUT2D eigenvalue weighted by molar-refractivity contribution is 6.14. The number of benzene rings is 11. The molecule has 1 spiro atoms. The van der Waals surface area contributed by atoms with E-state index in [0.717, 1.165) is 72.7 Å². The number of para-hydroxylation sites is 5. The highest BCUT2D eigenvalue weighted by atomic mass is 15.2. The molecule has 0 bridgehead atoms. The molecule has 0 aliphatic heterocycles. The third-order valence-electron chi connectivity index (χ3n) is 14.4. The molecule has 0 fully saturated rings. The fourth-order valence-electron chi connectivity index (χ4n) is 11.6. The molecule has 0 amide bonds. The molecule has 1 atom stereocenters. The van der Waals surface area contributed by atoms with Crippen LogP contribution in [-0.2, 0) is 5.41 Å². The Hall–Kier alpha value is -9.18. The van der Waals surface area contributed by atoms with Gasteiger partial charge in [0.15, 0.2) is 0 Å². The van der Waals surface area contributed by atoms with Crippen molar-refractivity contribution in [3.63, 3.8) is 0 Å². The average Bonchev–Trinajstić information content (AvgIpc) is 4.29. The Morgan fingerprint density at radius 3 is 1.50 bits per heavy atom. The third-order valence-corrected chi connectivity index (χ3v) is 14.4. The molecule has 0 saturated heterocycles. The number of hydrogen-bond donors (Lipinski definition) is 0. The Morgan fingerprint density at radius 1 is 0.343 bits per heavy atom. The number of fused-ring (bicyclic) bond motifs is 13. The van der Waals surface area contributed by atoms with Crippen LogP contribution < -0.4 is 9.80 Å². The smallest absolute Gasteiger partial charge is 0.0782 e. The summed E-state index contributed by atoms with van der Waals surface area (Å²) in [6.45, 7) is 0. The second kappa shape index (κ2) is 16.0. The zero-order valence-corrected chi connectivity index (χ0v) is 37.9. The molecule has 2 aliphatic rings. The summed E-state index contributed by atoms with van der Waals surface area (Å²) in [5, 5.41) is 2.20. The van der Waals surface area contributed by atoms with E-state index in [4.69, 9.17) is 6.85 Å². The first-order chi connectivity index (χ1) is 36.8. The molecule has 1 heterocycles. The summed E-state index contributed by atoms with van der Waals surface area (Å²) in [4.78, 5) is 4.63. The van der Waals surface area contributed by atoms with Crippen LogP contribution in [0.3, 0.4) is 0 Å². The largest absolute Gasteiger partial charge is 0.310 e. The molecule has 0 saturated carbocycles. The van der Waals surface area contributed by atoms with Gasteiger partial charge in [0, 0.05) is 44.9 Å². The Labute approximate surface area is 415 Å². The lowest BCUT2D eigenvalue weighted by Gasteiger charge is -2.33. The zero-order chi connectivity index (χ0) is 50.5. The summed E-state index contributed by atoms with van der Waals surface area (Å²) in [5.41, 5.74) is 18.2. The van der Waals surface area contributed by atoms with Gasteiger partial charge in [-0.1, -0.05) is 188 Å². The number of hydrogen-bond acceptors (Lipinski definition) is 2. The van der Waals surface area contributed by atoms with E-state index in [0.29, 0.717) is 5.56 Å². The molecule has 0 N–H and O–H groups in total. The third kappa shape index (κ3) is 5.95. The summed E-state index contributed by atoms with van der Waals surface area (Å²) in [6.07, 6.45) is 0. The van der Waals surface area contributed by atoms with Crippen molar-refractivity contribution in [2.24, 2.45) is 0 Å². The van der Waals surface area contributed by atoms with Gasteiger partial charge in [0.2, 0.25) is 0 Å². The molecule has 2 aliphatic carbocycles. The lowest BCUT2D eigenvalue weighted by atomic mass is 9.70. The predicted molar refractivity (Wildman–Crippen MR) is 292 cm³/mol. The van der Waals surface area contributed by atoms with Gasteiger partial charge in [0.1, 0.15) is 0 Å². The first kappa shape index (κ1) is 35.0. The SMILES string of the molecule is [2H]c1c([2H])c([2H])c(-c2cccc(N(c3ccc4c(c3)C3(c5ccccc5-c5ccc(N(c6ccccc6)c6ccccc6)cc53)c3ccccc3-4)c3cccc4c5ccccc5n(-c5ccccc5)c34)c2)c([2H])c1[2H]. The monoisotopic (exact) mass is 896 g/mol. The minimum absolute atomic E-state index is 0.151. The molecule has 70 heavy (non-hydrogen) atoms. The summed E-state index contributed by atoms with van der Waals surface area (Å²) in [7, 11) is 0. The van der Waals surface area contributed by atoms with E-state index in [9.17, 15) is 0 Å². The van der Waals surface area contributed by atoms with Crippen molar-refractivity contribution in [2.75, 3.05) is 9.80 Å². The van der Waals surface area contributed by atoms with Gasteiger partial charge in [-0.15, -0.1) is 0 Å². The van der Waals surface area contributed by atoms with Crippen molar-refractivity contribution >= 4 is 55.9 Å². The number of anilines is 6. The van der Waals surface area contributed by atoms with Gasteiger partial charge in [-0.25, -0.2) is 0 Å². The summed E-state index contributed by atoms with van der Waals surface area (Å²) in [6, 6.07) is 84.3. The van der Waals surface area contributed by atoms with Crippen molar-refractivity contribution < 1.29 is 6.85 Å². The predicted octanol–water partition coefficient (Wildman–Crippen LogP) is 17.7. The van der Waals surface area contributed by atoms with Gasteiger partial charge in [0.05, 0.1) is 29.0 Å². The second-order valence-electron chi connectivity index (χ2n) is 18.1. The minimum Gasteiger partial charge on any atom is -0.310 e. The van der Waals surface area contributed by atoms with Crippen molar-refractivity contribution in [2.45, 2.75) is 5.41 Å². The van der Waals surface area contributed by atoms with E-state index in [1.165, 1.54) is 33.4 Å². The van der Waals surface area contributed by atoms with Crippen LogP contribution in [0.4, 0.5) is 34.1 Å². The quantitative estimate of drug-likeness (QED) is 0.151. The molecular formula is C67H45N3. The molecule has 1 unspecified atom stereocenters. The van der Waals surface area contributed by atoms with Crippen LogP contribution in [0, 0.1) is 0 Å². The maximum absolute atomic E-state index is 9.08. The molecule has 1 aromatic heterocycles. The Bertz CT molecular complexity index is 4190. The van der Waals surface area contributed by atoms with Crippen LogP contribution in [0.15, 0.2) is 273 Å². The lowest BCUT2D eigenvalue weighted by Crippen LogP contribution is -2.26. The van der Waals surface area contributed by atoms with Gasteiger partial charge in [-0.05, 0) is 141 Å². The first-order valence-corrected chi connectivity index (χ1v) is 23.8. The van der Waals surface area contributed by atoms with Gasteiger partial charge in [-0.2, -0.15) is 0 Å². The van der Waals surface area contributed by atoms with Crippen LogP contribution in [0.1, 0.15) is 29.1 Å². The Kier molecular flexibility index (Phi) is 8.00. The first-order valence-electron chi connectivity index (χ1n) is 26.3. The maximum atomic E-state index is 9.08. The van der Waals surface area contributed by atoms with Crippen LogP contribution in [0.5, 0.6) is 0 Å². The summed E-state index contributed by atoms with van der Waals surface area (Å²) in [5.74, 6) is 0. The van der Waals surface area contributed by atoms with Gasteiger partial charge in [-0.3, -0.25) is 0 Å². The topological polar surface area (TPSA) is 11.4 Å². The molecule has 3 heteroatoms. The second-order valence-corrected chi connectivity index (χ2v) is 18.1. The minimum atomic E-state index is -0.727. The van der Waals surface area contributed by atoms with Gasteiger partial charge >= 0.3 is 0 Å². The molecule has 0 radical (unpaired) electrons. The van der Waals surface area contributed by atoms with E-state index >= 15 is 0 Å². The molecule has 14 rings (SSSR count). The molecule has 3 nitrogen and oxygen atoms in total. The van der Waals surface area contributed by atoms with Gasteiger partial charge in [0.25, 0.3) is 0 Å². The van der Waals surface area contributed by atoms with E-state index in [1.807, 2.05) is 24.3 Å². The van der Waals surface area contributed by atoms with Crippen LogP contribution in [-0.4, -0.2) is 4.57 Å². The van der Waals surface area contributed by atoms with Crippen LogP contribution in [0.2, 0.25) is 0 Å². The highest BCUT2D eigenvalue weighted by Crippen LogP contribution is 2.64. The van der Waals surface area contributed by atoms with E-state index in [-0.39, 0.29) is 29.7 Å². The highest BCUT2D eigenvalue weighted by Gasteiger charge is 2.52. The number of nitrogens with zero attached hydrogens (tertiary/aromatic N) is 3. The zero-order valence-electron chi connectivity index (χ0n) is 42.9. The molecule has 12 aromatic rings. The Balaban J connectivity index is 1.07. The molecule has 11 aromatic carbocycles. The fraction of sp³-hybridized carbons (Fsp3) is 0.0149.